The Morgan fingerprint density at radius 3 is 2.79 bits per heavy atom. The fourth-order valence-electron chi connectivity index (χ4n) is 1.47. The molecule has 0 radical (unpaired) electrons. The summed E-state index contributed by atoms with van der Waals surface area (Å²) in [7, 11) is 0. The standard InChI is InChI=1S/C14H12N2O2S/c1-10-4-2-5-11(8-10)15-16-12(9-17)14(18)13-6-3-7-19-13/h2-9,17H,1H3/b12-9+,16-15?. The van der Waals surface area contributed by atoms with Gasteiger partial charge in [-0.3, -0.25) is 4.79 Å². The topological polar surface area (TPSA) is 62.0 Å². The fraction of sp³-hybridized carbons (Fsp3) is 0.0714. The first-order valence-electron chi connectivity index (χ1n) is 5.61. The number of aliphatic hydroxyl groups is 1. The van der Waals surface area contributed by atoms with Crippen LogP contribution in [0.1, 0.15) is 15.2 Å². The van der Waals surface area contributed by atoms with E-state index in [0.717, 1.165) is 5.56 Å². The lowest BCUT2D eigenvalue weighted by atomic mass is 10.2. The Morgan fingerprint density at radius 2 is 2.16 bits per heavy atom. The van der Waals surface area contributed by atoms with Gasteiger partial charge in [0.1, 0.15) is 6.26 Å². The number of aliphatic hydroxyl groups excluding tert-OH is 1. The molecule has 0 bridgehead atoms. The van der Waals surface area contributed by atoms with Crippen LogP contribution in [-0.4, -0.2) is 10.9 Å². The molecule has 4 nitrogen and oxygen atoms in total. The van der Waals surface area contributed by atoms with Crippen LogP contribution in [0.4, 0.5) is 5.69 Å². The largest absolute Gasteiger partial charge is 0.513 e. The van der Waals surface area contributed by atoms with Crippen LogP contribution in [0.2, 0.25) is 0 Å². The molecule has 0 amide bonds. The summed E-state index contributed by atoms with van der Waals surface area (Å²) >= 11 is 1.30. The molecule has 5 heteroatoms. The maximum Gasteiger partial charge on any atom is 0.226 e. The van der Waals surface area contributed by atoms with Crippen LogP contribution >= 0.6 is 11.3 Å². The number of carbonyl (C=O) groups excluding carboxylic acids is 1. The minimum atomic E-state index is -0.339. The van der Waals surface area contributed by atoms with Crippen molar-refractivity contribution in [3.63, 3.8) is 0 Å². The van der Waals surface area contributed by atoms with E-state index in [2.05, 4.69) is 10.2 Å². The lowest BCUT2D eigenvalue weighted by molar-refractivity contribution is 0.103. The quantitative estimate of drug-likeness (QED) is 0.387. The molecular formula is C14H12N2O2S. The van der Waals surface area contributed by atoms with Gasteiger partial charge in [0.2, 0.25) is 5.78 Å². The third kappa shape index (κ3) is 3.35. The predicted octanol–water partition coefficient (Wildman–Crippen LogP) is 4.42. The Hall–Kier alpha value is -2.27. The molecule has 0 unspecified atom stereocenters. The third-order valence-corrected chi connectivity index (χ3v) is 3.24. The summed E-state index contributed by atoms with van der Waals surface area (Å²) < 4.78 is 0. The Balaban J connectivity index is 2.19. The molecule has 19 heavy (non-hydrogen) atoms. The van der Waals surface area contributed by atoms with Crippen LogP contribution in [0.25, 0.3) is 0 Å². The highest BCUT2D eigenvalue weighted by molar-refractivity contribution is 7.12. The second kappa shape index (κ2) is 6.06. The summed E-state index contributed by atoms with van der Waals surface area (Å²) in [4.78, 5) is 12.5. The average molecular weight is 272 g/mol. The van der Waals surface area contributed by atoms with E-state index in [9.17, 15) is 4.79 Å². The van der Waals surface area contributed by atoms with Crippen LogP contribution in [-0.2, 0) is 0 Å². The molecule has 1 N–H and O–H groups in total. The molecule has 0 spiro atoms. The van der Waals surface area contributed by atoms with Crippen molar-refractivity contribution in [2.24, 2.45) is 10.2 Å². The molecule has 1 heterocycles. The number of Topliss-reactive ketones (excluding diaryl/α,β-unsaturated/α-hetero) is 1. The second-order valence-corrected chi connectivity index (χ2v) is 4.81. The summed E-state index contributed by atoms with van der Waals surface area (Å²) in [5, 5.41) is 18.6. The maximum atomic E-state index is 12.0. The Kier molecular flexibility index (Phi) is 4.20. The van der Waals surface area contributed by atoms with E-state index < -0.39 is 0 Å². The molecule has 0 saturated carbocycles. The van der Waals surface area contributed by atoms with Crippen molar-refractivity contribution in [1.29, 1.82) is 0 Å². The van der Waals surface area contributed by atoms with Gasteiger partial charge < -0.3 is 5.11 Å². The minimum absolute atomic E-state index is 0.0797. The molecule has 0 aliphatic heterocycles. The van der Waals surface area contributed by atoms with Gasteiger partial charge in [0.05, 0.1) is 10.6 Å². The van der Waals surface area contributed by atoms with E-state index in [4.69, 9.17) is 5.11 Å². The number of nitrogens with zero attached hydrogens (tertiary/aromatic N) is 2. The molecule has 0 aliphatic carbocycles. The maximum absolute atomic E-state index is 12.0. The van der Waals surface area contributed by atoms with Crippen molar-refractivity contribution in [3.05, 3.63) is 64.2 Å². The Bertz CT molecular complexity index is 631. The van der Waals surface area contributed by atoms with Crippen LogP contribution in [0, 0.1) is 6.92 Å². The van der Waals surface area contributed by atoms with Crippen molar-refractivity contribution in [3.8, 4) is 0 Å². The van der Waals surface area contributed by atoms with E-state index in [1.165, 1.54) is 11.3 Å². The second-order valence-electron chi connectivity index (χ2n) is 3.86. The third-order valence-electron chi connectivity index (χ3n) is 2.37. The number of ketones is 1. The number of allylic oxidation sites excluding steroid dienone is 1. The number of thiophene rings is 1. The van der Waals surface area contributed by atoms with Gasteiger partial charge in [0.25, 0.3) is 0 Å². The summed E-state index contributed by atoms with van der Waals surface area (Å²) in [5.74, 6) is -0.339. The van der Waals surface area contributed by atoms with Gasteiger partial charge in [-0.2, -0.15) is 5.11 Å². The van der Waals surface area contributed by atoms with E-state index in [-0.39, 0.29) is 11.5 Å². The fourth-order valence-corrected chi connectivity index (χ4v) is 2.14. The van der Waals surface area contributed by atoms with Crippen LogP contribution in [0.15, 0.2) is 64.0 Å². The molecule has 2 aromatic rings. The highest BCUT2D eigenvalue weighted by Gasteiger charge is 2.13. The number of hydrogen-bond acceptors (Lipinski definition) is 5. The molecule has 0 atom stereocenters. The molecule has 0 saturated heterocycles. The summed E-state index contributed by atoms with van der Waals surface area (Å²) in [6, 6.07) is 10.9. The molecule has 96 valence electrons. The van der Waals surface area contributed by atoms with Crippen molar-refractivity contribution >= 4 is 22.8 Å². The first-order chi connectivity index (χ1) is 9.20. The molecule has 0 aliphatic rings. The lowest BCUT2D eigenvalue weighted by Gasteiger charge is -1.97. The van der Waals surface area contributed by atoms with Gasteiger partial charge >= 0.3 is 0 Å². The van der Waals surface area contributed by atoms with Gasteiger partial charge in [0, 0.05) is 0 Å². The summed E-state index contributed by atoms with van der Waals surface area (Å²) in [6.07, 6.45) is 0.682. The minimum Gasteiger partial charge on any atom is -0.513 e. The van der Waals surface area contributed by atoms with E-state index in [1.54, 1.807) is 23.6 Å². The number of azo groups is 1. The normalized spacial score (nSPS) is 11.9. The van der Waals surface area contributed by atoms with E-state index >= 15 is 0 Å². The van der Waals surface area contributed by atoms with Crippen molar-refractivity contribution in [2.75, 3.05) is 0 Å². The molecule has 2 rings (SSSR count). The zero-order chi connectivity index (χ0) is 13.7. The number of benzene rings is 1. The van der Waals surface area contributed by atoms with Gasteiger partial charge in [-0.05, 0) is 36.1 Å². The van der Waals surface area contributed by atoms with Crippen LogP contribution in [0.3, 0.4) is 0 Å². The number of hydrogen-bond donors (Lipinski definition) is 1. The number of rotatable bonds is 4. The van der Waals surface area contributed by atoms with Crippen molar-refractivity contribution in [2.45, 2.75) is 6.92 Å². The smallest absolute Gasteiger partial charge is 0.226 e. The van der Waals surface area contributed by atoms with E-state index in [0.29, 0.717) is 16.8 Å². The first-order valence-corrected chi connectivity index (χ1v) is 6.49. The zero-order valence-corrected chi connectivity index (χ0v) is 11.1. The monoisotopic (exact) mass is 272 g/mol. The predicted molar refractivity (Wildman–Crippen MR) is 75.1 cm³/mol. The van der Waals surface area contributed by atoms with Crippen molar-refractivity contribution in [1.82, 2.24) is 0 Å². The van der Waals surface area contributed by atoms with Crippen LogP contribution < -0.4 is 0 Å². The average Bonchev–Trinajstić information content (AvgIpc) is 2.93. The molecule has 1 aromatic carbocycles. The van der Waals surface area contributed by atoms with Gasteiger partial charge in [-0.15, -0.1) is 16.5 Å². The number of carbonyl (C=O) groups is 1. The molecule has 0 fully saturated rings. The Labute approximate surface area is 114 Å². The summed E-state index contributed by atoms with van der Waals surface area (Å²) in [6.45, 7) is 1.94. The van der Waals surface area contributed by atoms with Gasteiger partial charge in [-0.25, -0.2) is 0 Å². The first kappa shape index (κ1) is 13.2. The van der Waals surface area contributed by atoms with Gasteiger partial charge in [-0.1, -0.05) is 18.2 Å². The lowest BCUT2D eigenvalue weighted by Crippen LogP contribution is -1.98. The number of aryl methyl sites for hydroxylation is 1. The van der Waals surface area contributed by atoms with Crippen molar-refractivity contribution < 1.29 is 9.90 Å². The highest BCUT2D eigenvalue weighted by Crippen LogP contribution is 2.18. The molecular weight excluding hydrogens is 260 g/mol. The SMILES string of the molecule is Cc1cccc(N=N/C(=C/O)C(=O)c2cccs2)c1. The van der Waals surface area contributed by atoms with Crippen LogP contribution in [0.5, 0.6) is 0 Å². The highest BCUT2D eigenvalue weighted by atomic mass is 32.1. The van der Waals surface area contributed by atoms with E-state index in [1.807, 2.05) is 25.1 Å². The summed E-state index contributed by atoms with van der Waals surface area (Å²) in [5.41, 5.74) is 1.61. The molecule has 1 aromatic heterocycles. The van der Waals surface area contributed by atoms with Gasteiger partial charge in [0.15, 0.2) is 5.70 Å². The Morgan fingerprint density at radius 1 is 1.32 bits per heavy atom. The zero-order valence-electron chi connectivity index (χ0n) is 10.3.